The molecule has 3 rings (SSSR count). The molecule has 1 heterocycles. The number of rotatable bonds is 6. The zero-order chi connectivity index (χ0) is 19.8. The Hall–Kier alpha value is -2.05. The normalized spacial score (nSPS) is 21.4. The average molecular weight is 382 g/mol. The van der Waals surface area contributed by atoms with E-state index in [1.165, 1.54) is 0 Å². The quantitative estimate of drug-likeness (QED) is 0.751. The minimum Gasteiger partial charge on any atom is -0.330 e. The highest BCUT2D eigenvalue weighted by atomic mass is 19.4. The Labute approximate surface area is 157 Å². The van der Waals surface area contributed by atoms with Gasteiger partial charge in [-0.1, -0.05) is 25.1 Å². The SMILES string of the molecule is CCc1ccccc1N1C[C@H](C(=O)N(CC(F)(F)F)[C@@H](C)C2CC2)CC1=O. The van der Waals surface area contributed by atoms with E-state index in [2.05, 4.69) is 0 Å². The molecule has 0 unspecified atom stereocenters. The highest BCUT2D eigenvalue weighted by molar-refractivity contribution is 6.00. The second-order valence-electron chi connectivity index (χ2n) is 7.55. The second kappa shape index (κ2) is 7.52. The number of nitrogens with zero attached hydrogens (tertiary/aromatic N) is 2. The van der Waals surface area contributed by atoms with E-state index in [1.54, 1.807) is 11.8 Å². The molecule has 0 aromatic heterocycles. The lowest BCUT2D eigenvalue weighted by Gasteiger charge is -2.32. The van der Waals surface area contributed by atoms with Crippen LogP contribution in [0.1, 0.15) is 38.7 Å². The van der Waals surface area contributed by atoms with Crippen LogP contribution in [0.3, 0.4) is 0 Å². The van der Waals surface area contributed by atoms with Crippen molar-refractivity contribution in [3.8, 4) is 0 Å². The molecule has 1 aromatic rings. The topological polar surface area (TPSA) is 40.6 Å². The highest BCUT2D eigenvalue weighted by Crippen LogP contribution is 2.38. The van der Waals surface area contributed by atoms with Gasteiger partial charge in [0.1, 0.15) is 6.54 Å². The van der Waals surface area contributed by atoms with E-state index in [1.807, 2.05) is 31.2 Å². The molecule has 1 saturated heterocycles. The average Bonchev–Trinajstić information content (AvgIpc) is 3.40. The summed E-state index contributed by atoms with van der Waals surface area (Å²) in [4.78, 5) is 27.9. The van der Waals surface area contributed by atoms with Gasteiger partial charge in [-0.15, -0.1) is 0 Å². The van der Waals surface area contributed by atoms with Crippen LogP contribution in [0, 0.1) is 11.8 Å². The van der Waals surface area contributed by atoms with Gasteiger partial charge in [-0.3, -0.25) is 9.59 Å². The van der Waals surface area contributed by atoms with Crippen LogP contribution in [0.25, 0.3) is 0 Å². The van der Waals surface area contributed by atoms with E-state index in [0.29, 0.717) is 0 Å². The molecule has 0 N–H and O–H groups in total. The van der Waals surface area contributed by atoms with Gasteiger partial charge in [0, 0.05) is 24.7 Å². The van der Waals surface area contributed by atoms with Crippen molar-refractivity contribution in [2.24, 2.45) is 11.8 Å². The summed E-state index contributed by atoms with van der Waals surface area (Å²) in [6, 6.07) is 6.99. The summed E-state index contributed by atoms with van der Waals surface area (Å²) in [6.45, 7) is 2.55. The lowest BCUT2D eigenvalue weighted by atomic mass is 10.0. The number of alkyl halides is 3. The zero-order valence-corrected chi connectivity index (χ0v) is 15.6. The molecule has 0 bridgehead atoms. The number of halogens is 3. The van der Waals surface area contributed by atoms with Gasteiger partial charge < -0.3 is 9.80 Å². The fraction of sp³-hybridized carbons (Fsp3) is 0.600. The summed E-state index contributed by atoms with van der Waals surface area (Å²) in [5.74, 6) is -1.37. The van der Waals surface area contributed by atoms with E-state index < -0.39 is 30.6 Å². The largest absolute Gasteiger partial charge is 0.406 e. The highest BCUT2D eigenvalue weighted by Gasteiger charge is 2.45. The van der Waals surface area contributed by atoms with Gasteiger partial charge in [-0.25, -0.2) is 0 Å². The van der Waals surface area contributed by atoms with Gasteiger partial charge in [0.05, 0.1) is 5.92 Å². The third-order valence-corrected chi connectivity index (χ3v) is 5.57. The Balaban J connectivity index is 1.78. The monoisotopic (exact) mass is 382 g/mol. The van der Waals surface area contributed by atoms with Gasteiger partial charge in [-0.2, -0.15) is 13.2 Å². The number of benzene rings is 1. The van der Waals surface area contributed by atoms with Crippen LogP contribution in [-0.2, 0) is 16.0 Å². The summed E-state index contributed by atoms with van der Waals surface area (Å²) in [6.07, 6.45) is -2.05. The van der Waals surface area contributed by atoms with Crippen LogP contribution in [0.5, 0.6) is 0 Å². The first-order valence-electron chi connectivity index (χ1n) is 9.46. The minimum absolute atomic E-state index is 0.0391. The lowest BCUT2D eigenvalue weighted by molar-refractivity contribution is -0.168. The predicted octanol–water partition coefficient (Wildman–Crippen LogP) is 3.79. The molecule has 2 atom stereocenters. The van der Waals surface area contributed by atoms with Gasteiger partial charge >= 0.3 is 6.18 Å². The van der Waals surface area contributed by atoms with Crippen LogP contribution in [0.15, 0.2) is 24.3 Å². The van der Waals surface area contributed by atoms with Gasteiger partial charge in [0.25, 0.3) is 0 Å². The summed E-state index contributed by atoms with van der Waals surface area (Å²) in [5, 5.41) is 0. The molecule has 1 aliphatic carbocycles. The number of carbonyl (C=O) groups is 2. The van der Waals surface area contributed by atoms with Crippen molar-refractivity contribution >= 4 is 17.5 Å². The molecule has 2 amide bonds. The maximum atomic E-state index is 13.0. The Morgan fingerprint density at radius 2 is 1.96 bits per heavy atom. The van der Waals surface area contributed by atoms with Crippen molar-refractivity contribution in [2.45, 2.75) is 51.7 Å². The number of para-hydroxylation sites is 1. The second-order valence-corrected chi connectivity index (χ2v) is 7.55. The molecule has 148 valence electrons. The Morgan fingerprint density at radius 1 is 1.30 bits per heavy atom. The maximum Gasteiger partial charge on any atom is 0.406 e. The van der Waals surface area contributed by atoms with Crippen LogP contribution >= 0.6 is 0 Å². The minimum atomic E-state index is -4.45. The number of hydrogen-bond donors (Lipinski definition) is 0. The van der Waals surface area contributed by atoms with Crippen molar-refractivity contribution in [3.63, 3.8) is 0 Å². The van der Waals surface area contributed by atoms with Crippen LogP contribution in [-0.4, -0.2) is 42.0 Å². The molecular weight excluding hydrogens is 357 g/mol. The smallest absolute Gasteiger partial charge is 0.330 e. The summed E-state index contributed by atoms with van der Waals surface area (Å²) >= 11 is 0. The van der Waals surface area contributed by atoms with E-state index in [4.69, 9.17) is 0 Å². The van der Waals surface area contributed by atoms with Crippen molar-refractivity contribution in [1.82, 2.24) is 4.90 Å². The Kier molecular flexibility index (Phi) is 5.49. The molecule has 2 fully saturated rings. The number of amides is 2. The van der Waals surface area contributed by atoms with Crippen molar-refractivity contribution in [3.05, 3.63) is 29.8 Å². The van der Waals surface area contributed by atoms with Crippen LogP contribution in [0.4, 0.5) is 18.9 Å². The molecule has 27 heavy (non-hydrogen) atoms. The molecule has 7 heteroatoms. The molecular formula is C20H25F3N2O2. The summed E-state index contributed by atoms with van der Waals surface area (Å²) in [5.41, 5.74) is 1.73. The Bertz CT molecular complexity index is 715. The van der Waals surface area contributed by atoms with Crippen molar-refractivity contribution in [1.29, 1.82) is 0 Å². The van der Waals surface area contributed by atoms with E-state index in [-0.39, 0.29) is 24.8 Å². The molecule has 4 nitrogen and oxygen atoms in total. The fourth-order valence-corrected chi connectivity index (χ4v) is 3.86. The third-order valence-electron chi connectivity index (χ3n) is 5.57. The molecule has 1 saturated carbocycles. The molecule has 0 radical (unpaired) electrons. The summed E-state index contributed by atoms with van der Waals surface area (Å²) in [7, 11) is 0. The molecule has 0 spiro atoms. The van der Waals surface area contributed by atoms with Gasteiger partial charge in [0.2, 0.25) is 11.8 Å². The van der Waals surface area contributed by atoms with Crippen LogP contribution < -0.4 is 4.90 Å². The zero-order valence-electron chi connectivity index (χ0n) is 15.6. The molecule has 2 aliphatic rings. The number of carbonyl (C=O) groups excluding carboxylic acids is 2. The van der Waals surface area contributed by atoms with E-state index in [0.717, 1.165) is 35.4 Å². The van der Waals surface area contributed by atoms with E-state index >= 15 is 0 Å². The van der Waals surface area contributed by atoms with Crippen molar-refractivity contribution < 1.29 is 22.8 Å². The first kappa shape index (κ1) is 19.7. The number of anilines is 1. The Morgan fingerprint density at radius 3 is 2.56 bits per heavy atom. The summed E-state index contributed by atoms with van der Waals surface area (Å²) < 4.78 is 39.1. The predicted molar refractivity (Wildman–Crippen MR) is 96.2 cm³/mol. The maximum absolute atomic E-state index is 13.0. The number of hydrogen-bond acceptors (Lipinski definition) is 2. The third kappa shape index (κ3) is 4.45. The lowest BCUT2D eigenvalue weighted by Crippen LogP contribution is -2.48. The number of aryl methyl sites for hydroxylation is 1. The fourth-order valence-electron chi connectivity index (χ4n) is 3.86. The van der Waals surface area contributed by atoms with E-state index in [9.17, 15) is 22.8 Å². The first-order chi connectivity index (χ1) is 12.7. The molecule has 1 aromatic carbocycles. The molecule has 1 aliphatic heterocycles. The first-order valence-corrected chi connectivity index (χ1v) is 9.46. The van der Waals surface area contributed by atoms with Gasteiger partial charge in [0.15, 0.2) is 0 Å². The van der Waals surface area contributed by atoms with Crippen LogP contribution in [0.2, 0.25) is 0 Å². The standard InChI is InChI=1S/C20H25F3N2O2/c1-3-14-6-4-5-7-17(14)24-11-16(10-18(24)26)19(27)25(12-20(21,22)23)13(2)15-8-9-15/h4-7,13,15-16H,3,8-12H2,1-2H3/t13-,16+/m0/s1. The van der Waals surface area contributed by atoms with Crippen molar-refractivity contribution in [2.75, 3.05) is 18.0 Å². The van der Waals surface area contributed by atoms with Gasteiger partial charge in [-0.05, 0) is 43.7 Å².